The quantitative estimate of drug-likeness (QED) is 0.468. The van der Waals surface area contributed by atoms with Gasteiger partial charge >= 0.3 is 0 Å². The van der Waals surface area contributed by atoms with Gasteiger partial charge in [-0.1, -0.05) is 59.5 Å². The van der Waals surface area contributed by atoms with Crippen molar-refractivity contribution in [2.45, 2.75) is 71.5 Å². The van der Waals surface area contributed by atoms with E-state index in [2.05, 4.69) is 21.2 Å². The van der Waals surface area contributed by atoms with Crippen LogP contribution in [0.25, 0.3) is 0 Å². The molecule has 1 fully saturated rings. The number of rotatable bonds is 9. The normalized spacial score (nSPS) is 15.2. The average molecular weight is 579 g/mol. The fourth-order valence-electron chi connectivity index (χ4n) is 4.52. The van der Waals surface area contributed by atoms with Crippen LogP contribution in [-0.2, 0) is 26.2 Å². The largest absolute Gasteiger partial charge is 0.352 e. The van der Waals surface area contributed by atoms with Crippen molar-refractivity contribution < 1.29 is 18.0 Å². The molecule has 196 valence electrons. The lowest BCUT2D eigenvalue weighted by Crippen LogP contribution is -2.53. The Kier molecular flexibility index (Phi) is 9.58. The molecule has 36 heavy (non-hydrogen) atoms. The Labute approximate surface area is 223 Å². The summed E-state index contributed by atoms with van der Waals surface area (Å²) >= 11 is 3.42. The molecule has 0 saturated heterocycles. The Balaban J connectivity index is 1.89. The number of amides is 2. The van der Waals surface area contributed by atoms with Gasteiger partial charge < -0.3 is 10.2 Å². The lowest BCUT2D eigenvalue weighted by Gasteiger charge is -2.33. The lowest BCUT2D eigenvalue weighted by atomic mass is 9.95. The van der Waals surface area contributed by atoms with Crippen LogP contribution in [0, 0.1) is 13.8 Å². The van der Waals surface area contributed by atoms with Crippen molar-refractivity contribution in [3.05, 3.63) is 63.6 Å². The number of hydrogen-bond donors (Lipinski definition) is 1. The van der Waals surface area contributed by atoms with Gasteiger partial charge in [-0.05, 0) is 68.5 Å². The Bertz CT molecular complexity index is 1180. The van der Waals surface area contributed by atoms with Gasteiger partial charge in [-0.2, -0.15) is 0 Å². The molecule has 0 radical (unpaired) electrons. The average Bonchev–Trinajstić information content (AvgIpc) is 2.83. The Morgan fingerprint density at radius 3 is 2.31 bits per heavy atom. The van der Waals surface area contributed by atoms with Crippen molar-refractivity contribution >= 4 is 43.5 Å². The fourth-order valence-corrected chi connectivity index (χ4v) is 5.68. The minimum Gasteiger partial charge on any atom is -0.352 e. The molecule has 0 aliphatic heterocycles. The zero-order valence-electron chi connectivity index (χ0n) is 21.5. The summed E-state index contributed by atoms with van der Waals surface area (Å²) in [7, 11) is -3.75. The van der Waals surface area contributed by atoms with Crippen LogP contribution in [-0.4, -0.2) is 50.0 Å². The second kappa shape index (κ2) is 12.2. The molecule has 1 saturated carbocycles. The summed E-state index contributed by atoms with van der Waals surface area (Å²) in [5, 5.41) is 3.11. The highest BCUT2D eigenvalue weighted by atomic mass is 79.9. The molecule has 9 heteroatoms. The molecule has 7 nitrogen and oxygen atoms in total. The monoisotopic (exact) mass is 577 g/mol. The van der Waals surface area contributed by atoms with E-state index in [0.29, 0.717) is 5.69 Å². The summed E-state index contributed by atoms with van der Waals surface area (Å²) in [4.78, 5) is 28.4. The van der Waals surface area contributed by atoms with Gasteiger partial charge in [0, 0.05) is 17.1 Å². The van der Waals surface area contributed by atoms with E-state index in [-0.39, 0.29) is 25.0 Å². The summed E-state index contributed by atoms with van der Waals surface area (Å²) in [6.07, 6.45) is 6.32. The van der Waals surface area contributed by atoms with Crippen molar-refractivity contribution in [3.8, 4) is 0 Å². The van der Waals surface area contributed by atoms with E-state index < -0.39 is 22.0 Å². The number of nitrogens with zero attached hydrogens (tertiary/aromatic N) is 2. The number of carbonyl (C=O) groups excluding carboxylic acids is 2. The SMILES string of the molecule is Cc1ccc(C)c(N(CC(=O)N(Cc2ccc(Br)cc2)C(C)C(=O)NC2CCCCC2)S(C)(=O)=O)c1. The van der Waals surface area contributed by atoms with Crippen molar-refractivity contribution in [3.63, 3.8) is 0 Å². The number of hydrogen-bond acceptors (Lipinski definition) is 4. The van der Waals surface area contributed by atoms with Gasteiger partial charge in [0.1, 0.15) is 12.6 Å². The fraction of sp³-hybridized carbons (Fsp3) is 0.481. The first-order valence-corrected chi connectivity index (χ1v) is 15.0. The number of aryl methyl sites for hydroxylation is 2. The summed E-state index contributed by atoms with van der Waals surface area (Å²) in [6.45, 7) is 5.20. The number of anilines is 1. The van der Waals surface area contributed by atoms with Crippen LogP contribution < -0.4 is 9.62 Å². The molecule has 0 aromatic heterocycles. The first kappa shape index (κ1) is 28.2. The molecule has 0 bridgehead atoms. The third-order valence-electron chi connectivity index (χ3n) is 6.70. The van der Waals surface area contributed by atoms with E-state index in [1.165, 1.54) is 11.3 Å². The molecule has 2 amide bonds. The molecule has 1 N–H and O–H groups in total. The van der Waals surface area contributed by atoms with E-state index in [0.717, 1.165) is 57.4 Å². The number of benzene rings is 2. The van der Waals surface area contributed by atoms with Gasteiger partial charge in [0.15, 0.2) is 0 Å². The highest BCUT2D eigenvalue weighted by Crippen LogP contribution is 2.25. The highest BCUT2D eigenvalue weighted by molar-refractivity contribution is 9.10. The topological polar surface area (TPSA) is 86.8 Å². The highest BCUT2D eigenvalue weighted by Gasteiger charge is 2.31. The van der Waals surface area contributed by atoms with Crippen molar-refractivity contribution in [2.75, 3.05) is 17.1 Å². The Hall–Kier alpha value is -2.39. The van der Waals surface area contributed by atoms with Gasteiger partial charge in [0.25, 0.3) is 0 Å². The van der Waals surface area contributed by atoms with Crippen molar-refractivity contribution in [1.82, 2.24) is 10.2 Å². The third-order valence-corrected chi connectivity index (χ3v) is 8.35. The zero-order chi connectivity index (χ0) is 26.5. The minimum atomic E-state index is -3.75. The summed E-state index contributed by atoms with van der Waals surface area (Å²) < 4.78 is 27.6. The minimum absolute atomic E-state index is 0.112. The van der Waals surface area contributed by atoms with E-state index in [9.17, 15) is 18.0 Å². The molecule has 1 unspecified atom stereocenters. The van der Waals surface area contributed by atoms with Gasteiger partial charge in [0.2, 0.25) is 21.8 Å². The predicted octanol–water partition coefficient (Wildman–Crippen LogP) is 4.70. The molecule has 0 spiro atoms. The standard InChI is InChI=1S/C27H36BrN3O4S/c1-19-10-11-20(2)25(16-19)31(36(4,34)35)18-26(32)30(17-22-12-14-23(28)15-13-22)21(3)27(33)29-24-8-6-5-7-9-24/h10-16,21,24H,5-9,17-18H2,1-4H3,(H,29,33). The molecule has 1 aliphatic rings. The molecule has 2 aromatic carbocycles. The van der Waals surface area contributed by atoms with Gasteiger partial charge in [0.05, 0.1) is 11.9 Å². The van der Waals surface area contributed by atoms with Crippen LogP contribution in [0.15, 0.2) is 46.9 Å². The van der Waals surface area contributed by atoms with Crippen LogP contribution in [0.5, 0.6) is 0 Å². The van der Waals surface area contributed by atoms with Crippen LogP contribution >= 0.6 is 15.9 Å². The maximum Gasteiger partial charge on any atom is 0.244 e. The molecular formula is C27H36BrN3O4S. The third kappa shape index (κ3) is 7.56. The lowest BCUT2D eigenvalue weighted by molar-refractivity contribution is -0.139. The molecule has 0 heterocycles. The van der Waals surface area contributed by atoms with Crippen LogP contribution in [0.1, 0.15) is 55.7 Å². The molecular weight excluding hydrogens is 542 g/mol. The van der Waals surface area contributed by atoms with Crippen LogP contribution in [0.2, 0.25) is 0 Å². The molecule has 1 atom stereocenters. The number of carbonyl (C=O) groups is 2. The zero-order valence-corrected chi connectivity index (χ0v) is 23.9. The summed E-state index contributed by atoms with van der Waals surface area (Å²) in [6, 6.07) is 12.4. The molecule has 2 aromatic rings. The van der Waals surface area contributed by atoms with Crippen LogP contribution in [0.3, 0.4) is 0 Å². The van der Waals surface area contributed by atoms with E-state index in [4.69, 9.17) is 0 Å². The number of halogens is 1. The van der Waals surface area contributed by atoms with E-state index >= 15 is 0 Å². The first-order valence-electron chi connectivity index (χ1n) is 12.3. The van der Waals surface area contributed by atoms with Gasteiger partial charge in [-0.3, -0.25) is 13.9 Å². The van der Waals surface area contributed by atoms with Crippen molar-refractivity contribution in [2.24, 2.45) is 0 Å². The maximum absolute atomic E-state index is 13.7. The second-order valence-electron chi connectivity index (χ2n) is 9.73. The predicted molar refractivity (Wildman–Crippen MR) is 147 cm³/mol. The Morgan fingerprint density at radius 2 is 1.69 bits per heavy atom. The van der Waals surface area contributed by atoms with Crippen molar-refractivity contribution in [1.29, 1.82) is 0 Å². The first-order chi connectivity index (χ1) is 17.0. The Morgan fingerprint density at radius 1 is 1.06 bits per heavy atom. The van der Waals surface area contributed by atoms with E-state index in [1.807, 2.05) is 50.2 Å². The second-order valence-corrected chi connectivity index (χ2v) is 12.5. The molecule has 1 aliphatic carbocycles. The van der Waals surface area contributed by atoms with Crippen LogP contribution in [0.4, 0.5) is 5.69 Å². The van der Waals surface area contributed by atoms with Gasteiger partial charge in [-0.25, -0.2) is 8.42 Å². The van der Waals surface area contributed by atoms with Gasteiger partial charge in [-0.15, -0.1) is 0 Å². The maximum atomic E-state index is 13.7. The van der Waals surface area contributed by atoms with E-state index in [1.54, 1.807) is 13.0 Å². The number of nitrogens with one attached hydrogen (secondary N) is 1. The summed E-state index contributed by atoms with van der Waals surface area (Å²) in [5.41, 5.74) is 2.96. The smallest absolute Gasteiger partial charge is 0.244 e. The summed E-state index contributed by atoms with van der Waals surface area (Å²) in [5.74, 6) is -0.652. The molecule has 3 rings (SSSR count). The number of sulfonamides is 1.